The van der Waals surface area contributed by atoms with E-state index in [0.29, 0.717) is 5.75 Å². The van der Waals surface area contributed by atoms with Crippen molar-refractivity contribution in [2.75, 3.05) is 5.75 Å². The molecule has 6 heteroatoms. The van der Waals surface area contributed by atoms with Gasteiger partial charge in [0.15, 0.2) is 0 Å². The molecule has 0 spiro atoms. The minimum absolute atomic E-state index is 0. The number of hydrogen-bond donors (Lipinski definition) is 0. The third kappa shape index (κ3) is 12.1. The monoisotopic (exact) mass is 247 g/mol. The van der Waals surface area contributed by atoms with Crippen molar-refractivity contribution in [2.45, 2.75) is 19.8 Å². The average molecular weight is 248 g/mol. The summed E-state index contributed by atoms with van der Waals surface area (Å²) < 4.78 is 0. The normalized spacial score (nSPS) is 10.7. The summed E-state index contributed by atoms with van der Waals surface area (Å²) in [5, 5.41) is 0. The van der Waals surface area contributed by atoms with Gasteiger partial charge in [-0.15, -0.1) is 11.8 Å². The van der Waals surface area contributed by atoms with E-state index in [0.717, 1.165) is 24.2 Å². The Labute approximate surface area is 81.2 Å². The van der Waals surface area contributed by atoms with Crippen LogP contribution in [0, 0.1) is 0 Å². The number of unbranched alkanes of at least 4 members (excludes halogenated alkanes) is 1. The fourth-order valence-corrected chi connectivity index (χ4v) is 2.69. The molecular formula is C4H9CuO2PS2. The van der Waals surface area contributed by atoms with Crippen LogP contribution < -0.4 is 9.79 Å². The summed E-state index contributed by atoms with van der Waals surface area (Å²) in [5.74, 6) is 0.640. The van der Waals surface area contributed by atoms with Crippen LogP contribution in [0.15, 0.2) is 0 Å². The second-order valence-electron chi connectivity index (χ2n) is 1.63. The largest absolute Gasteiger partial charge is 2.00 e. The molecule has 2 nitrogen and oxygen atoms in total. The Morgan fingerprint density at radius 2 is 2.00 bits per heavy atom. The second-order valence-corrected chi connectivity index (χ2v) is 7.55. The Morgan fingerprint density at radius 1 is 1.50 bits per heavy atom. The first-order valence-corrected chi connectivity index (χ1v) is 6.95. The van der Waals surface area contributed by atoms with E-state index in [4.69, 9.17) is 0 Å². The molecule has 0 aromatic heterocycles. The molecule has 0 unspecified atom stereocenters. The first-order valence-electron chi connectivity index (χ1n) is 2.73. The van der Waals surface area contributed by atoms with Crippen molar-refractivity contribution < 1.29 is 26.9 Å². The van der Waals surface area contributed by atoms with Gasteiger partial charge in [-0.1, -0.05) is 13.3 Å². The van der Waals surface area contributed by atoms with Crippen LogP contribution >= 0.6 is 17.1 Å². The minimum atomic E-state index is -3.45. The molecular weight excluding hydrogens is 239 g/mol. The zero-order valence-electron chi connectivity index (χ0n) is 5.50. The predicted octanol–water partition coefficient (Wildman–Crippen LogP) is 0.462. The van der Waals surface area contributed by atoms with Gasteiger partial charge in [-0.3, -0.25) is 0 Å². The Hall–Kier alpha value is 1.44. The molecule has 0 bridgehead atoms. The van der Waals surface area contributed by atoms with Gasteiger partial charge in [0.1, 0.15) is 0 Å². The maximum absolute atomic E-state index is 10.3. The van der Waals surface area contributed by atoms with Gasteiger partial charge in [-0.05, 0) is 12.2 Å². The maximum Gasteiger partial charge on any atom is 2.00 e. The van der Waals surface area contributed by atoms with E-state index in [1.807, 2.05) is 6.92 Å². The molecule has 65 valence electrons. The molecule has 0 aromatic carbocycles. The molecule has 0 heterocycles. The average Bonchev–Trinajstić information content (AvgIpc) is 1.63. The van der Waals surface area contributed by atoms with E-state index < -0.39 is 5.69 Å². The van der Waals surface area contributed by atoms with Gasteiger partial charge in [0.05, 0.1) is 0 Å². The number of hydrogen-bond acceptors (Lipinski definition) is 4. The molecule has 0 saturated heterocycles. The van der Waals surface area contributed by atoms with Crippen LogP contribution in [-0.4, -0.2) is 5.75 Å². The van der Waals surface area contributed by atoms with Crippen LogP contribution in [0.25, 0.3) is 0 Å². The quantitative estimate of drug-likeness (QED) is 0.412. The molecule has 0 atom stereocenters. The van der Waals surface area contributed by atoms with Crippen LogP contribution in [-0.2, 0) is 28.9 Å². The van der Waals surface area contributed by atoms with Crippen molar-refractivity contribution in [1.29, 1.82) is 0 Å². The van der Waals surface area contributed by atoms with E-state index in [1.165, 1.54) is 0 Å². The van der Waals surface area contributed by atoms with Crippen molar-refractivity contribution in [2.24, 2.45) is 0 Å². The van der Waals surface area contributed by atoms with Crippen molar-refractivity contribution in [3.05, 3.63) is 0 Å². The first kappa shape index (κ1) is 14.0. The summed E-state index contributed by atoms with van der Waals surface area (Å²) in [6, 6.07) is 0. The van der Waals surface area contributed by atoms with Crippen LogP contribution in [0.3, 0.4) is 0 Å². The Kier molecular flexibility index (Phi) is 9.95. The summed E-state index contributed by atoms with van der Waals surface area (Å²) in [6.07, 6.45) is 1.94. The standard InChI is InChI=1S/C4H11O2PS2.Cu/c1-2-3-4-9-7(5,6)8;/h2-4H2,1H3,(H2,5,6,8);/q;+2/p-2. The van der Waals surface area contributed by atoms with Crippen molar-refractivity contribution in [3.63, 3.8) is 0 Å². The van der Waals surface area contributed by atoms with Gasteiger partial charge in [-0.25, -0.2) is 0 Å². The summed E-state index contributed by atoms with van der Waals surface area (Å²) in [4.78, 5) is 20.6. The second kappa shape index (κ2) is 7.11. The molecule has 0 aliphatic carbocycles. The molecule has 0 rings (SSSR count). The predicted molar refractivity (Wildman–Crippen MR) is 41.7 cm³/mol. The van der Waals surface area contributed by atoms with Gasteiger partial charge in [0.2, 0.25) is 0 Å². The van der Waals surface area contributed by atoms with E-state index in [9.17, 15) is 9.79 Å². The maximum atomic E-state index is 10.3. The molecule has 0 aliphatic heterocycles. The van der Waals surface area contributed by atoms with E-state index in [1.54, 1.807) is 0 Å². The van der Waals surface area contributed by atoms with Gasteiger partial charge < -0.3 is 9.79 Å². The summed E-state index contributed by atoms with van der Waals surface area (Å²) in [7, 11) is 0. The Bertz CT molecular complexity index is 116. The van der Waals surface area contributed by atoms with E-state index >= 15 is 0 Å². The molecule has 0 N–H and O–H groups in total. The van der Waals surface area contributed by atoms with Crippen LogP contribution in [0.2, 0.25) is 0 Å². The van der Waals surface area contributed by atoms with Crippen LogP contribution in [0.1, 0.15) is 19.8 Å². The molecule has 0 aromatic rings. The molecule has 1 radical (unpaired) electrons. The molecule has 0 amide bonds. The summed E-state index contributed by atoms with van der Waals surface area (Å²) in [5.41, 5.74) is -3.45. The van der Waals surface area contributed by atoms with Crippen LogP contribution in [0.4, 0.5) is 0 Å². The van der Waals surface area contributed by atoms with Gasteiger partial charge >= 0.3 is 17.1 Å². The number of rotatable bonds is 4. The molecule has 0 fully saturated rings. The fraction of sp³-hybridized carbons (Fsp3) is 1.00. The van der Waals surface area contributed by atoms with Gasteiger partial charge in [-0.2, -0.15) is 17.1 Å². The Balaban J connectivity index is 0. The summed E-state index contributed by atoms with van der Waals surface area (Å²) in [6.45, 7) is 2.01. The van der Waals surface area contributed by atoms with Crippen molar-refractivity contribution in [3.8, 4) is 0 Å². The van der Waals surface area contributed by atoms with Crippen LogP contribution in [0.5, 0.6) is 0 Å². The Morgan fingerprint density at radius 3 is 2.30 bits per heavy atom. The fourth-order valence-electron chi connectivity index (χ4n) is 0.321. The zero-order valence-corrected chi connectivity index (χ0v) is 8.97. The summed E-state index contributed by atoms with van der Waals surface area (Å²) >= 11 is 5.03. The van der Waals surface area contributed by atoms with Gasteiger partial charge in [0, 0.05) is 0 Å². The van der Waals surface area contributed by atoms with Gasteiger partial charge in [0.25, 0.3) is 0 Å². The molecule has 0 saturated carbocycles. The third-order valence-electron chi connectivity index (χ3n) is 0.747. The van der Waals surface area contributed by atoms with Crippen molar-refractivity contribution >= 4 is 28.9 Å². The zero-order chi connectivity index (χ0) is 7.33. The van der Waals surface area contributed by atoms with E-state index in [-0.39, 0.29) is 17.1 Å². The smallest absolute Gasteiger partial charge is 0.825 e. The molecule has 0 aliphatic rings. The third-order valence-corrected chi connectivity index (χ3v) is 3.98. The SMILES string of the molecule is CCCCSP([O-])([O-])=S.[Cu+2]. The first-order chi connectivity index (χ1) is 4.06. The molecule has 10 heavy (non-hydrogen) atoms. The van der Waals surface area contributed by atoms with Crippen molar-refractivity contribution in [1.82, 2.24) is 0 Å². The topological polar surface area (TPSA) is 46.1 Å². The van der Waals surface area contributed by atoms with E-state index in [2.05, 4.69) is 11.8 Å². The minimum Gasteiger partial charge on any atom is -0.825 e.